The Morgan fingerprint density at radius 2 is 2.11 bits per heavy atom. The highest BCUT2D eigenvalue weighted by Crippen LogP contribution is 2.15. The number of nitrogens with zero attached hydrogens (tertiary/aromatic N) is 2. The second kappa shape index (κ2) is 5.15. The van der Waals surface area contributed by atoms with Crippen molar-refractivity contribution < 1.29 is 9.21 Å². The Bertz CT molecular complexity index is 650. The summed E-state index contributed by atoms with van der Waals surface area (Å²) in [5.41, 5.74) is 2.59. The van der Waals surface area contributed by atoms with E-state index in [2.05, 4.69) is 0 Å². The first-order chi connectivity index (χ1) is 9.06. The van der Waals surface area contributed by atoms with Crippen LogP contribution in [0.25, 0.3) is 0 Å². The first-order valence-corrected chi connectivity index (χ1v) is 5.92. The van der Waals surface area contributed by atoms with Gasteiger partial charge in [0.2, 0.25) is 0 Å². The summed E-state index contributed by atoms with van der Waals surface area (Å²) in [4.78, 5) is 23.3. The summed E-state index contributed by atoms with van der Waals surface area (Å²) >= 11 is 0. The molecule has 0 bridgehead atoms. The van der Waals surface area contributed by atoms with E-state index >= 15 is 0 Å². The molecule has 7 heteroatoms. The number of nitrogens with one attached hydrogen (secondary N) is 1. The SMILES string of the molecule is CCn1ccn(Cc2cc(C)c(C(=O)NN)o2)c1=O. The van der Waals surface area contributed by atoms with Gasteiger partial charge in [0.15, 0.2) is 5.76 Å². The van der Waals surface area contributed by atoms with Gasteiger partial charge in [0.25, 0.3) is 0 Å². The number of hydrogen-bond acceptors (Lipinski definition) is 4. The molecule has 0 aromatic carbocycles. The second-order valence-electron chi connectivity index (χ2n) is 4.19. The van der Waals surface area contributed by atoms with Gasteiger partial charge in [-0.2, -0.15) is 0 Å². The maximum atomic E-state index is 11.9. The number of amides is 1. The molecule has 2 heterocycles. The molecular formula is C12H16N4O3. The minimum absolute atomic E-state index is 0.110. The lowest BCUT2D eigenvalue weighted by Gasteiger charge is -1.98. The van der Waals surface area contributed by atoms with Crippen LogP contribution in [0.5, 0.6) is 0 Å². The van der Waals surface area contributed by atoms with Gasteiger partial charge in [-0.1, -0.05) is 0 Å². The van der Waals surface area contributed by atoms with Crippen LogP contribution in [-0.4, -0.2) is 15.0 Å². The Morgan fingerprint density at radius 3 is 2.68 bits per heavy atom. The number of aromatic nitrogens is 2. The average molecular weight is 264 g/mol. The number of furan rings is 1. The molecule has 0 aliphatic rings. The normalized spacial score (nSPS) is 10.7. The first-order valence-electron chi connectivity index (χ1n) is 5.92. The maximum absolute atomic E-state index is 11.9. The maximum Gasteiger partial charge on any atom is 0.328 e. The highest BCUT2D eigenvalue weighted by molar-refractivity contribution is 5.92. The lowest BCUT2D eigenvalue weighted by Crippen LogP contribution is -2.30. The van der Waals surface area contributed by atoms with Gasteiger partial charge < -0.3 is 4.42 Å². The Hall–Kier alpha value is -2.28. The number of hydrogen-bond donors (Lipinski definition) is 2. The van der Waals surface area contributed by atoms with Crippen molar-refractivity contribution in [2.45, 2.75) is 26.9 Å². The minimum Gasteiger partial charge on any atom is -0.454 e. The summed E-state index contributed by atoms with van der Waals surface area (Å²) in [6.45, 7) is 4.54. The summed E-state index contributed by atoms with van der Waals surface area (Å²) in [6.07, 6.45) is 3.40. The van der Waals surface area contributed by atoms with Crippen LogP contribution in [0.4, 0.5) is 0 Å². The molecular weight excluding hydrogens is 248 g/mol. The molecule has 0 spiro atoms. The Labute approximate surface area is 109 Å². The summed E-state index contributed by atoms with van der Waals surface area (Å²) in [6, 6.07) is 1.72. The third kappa shape index (κ3) is 2.45. The van der Waals surface area contributed by atoms with E-state index in [1.165, 1.54) is 4.57 Å². The van der Waals surface area contributed by atoms with E-state index in [4.69, 9.17) is 10.3 Å². The van der Waals surface area contributed by atoms with E-state index in [0.29, 0.717) is 17.9 Å². The van der Waals surface area contributed by atoms with Gasteiger partial charge in [-0.25, -0.2) is 10.6 Å². The molecule has 0 aliphatic heterocycles. The summed E-state index contributed by atoms with van der Waals surface area (Å²) in [7, 11) is 0. The van der Waals surface area contributed by atoms with Gasteiger partial charge in [0, 0.05) is 24.5 Å². The van der Waals surface area contributed by atoms with Crippen LogP contribution in [0.3, 0.4) is 0 Å². The number of hydrazine groups is 1. The molecule has 0 radical (unpaired) electrons. The fraction of sp³-hybridized carbons (Fsp3) is 0.333. The van der Waals surface area contributed by atoms with Crippen molar-refractivity contribution in [3.05, 3.63) is 46.0 Å². The van der Waals surface area contributed by atoms with Crippen molar-refractivity contribution in [2.75, 3.05) is 0 Å². The molecule has 0 unspecified atom stereocenters. The van der Waals surface area contributed by atoms with Gasteiger partial charge in [-0.3, -0.25) is 19.4 Å². The predicted octanol–water partition coefficient (Wildman–Crippen LogP) is 0.223. The molecule has 3 N–H and O–H groups in total. The summed E-state index contributed by atoms with van der Waals surface area (Å²) in [5, 5.41) is 0. The molecule has 102 valence electrons. The molecule has 7 nitrogen and oxygen atoms in total. The van der Waals surface area contributed by atoms with Crippen molar-refractivity contribution >= 4 is 5.91 Å². The van der Waals surface area contributed by atoms with Crippen molar-refractivity contribution in [3.63, 3.8) is 0 Å². The molecule has 0 atom stereocenters. The van der Waals surface area contributed by atoms with E-state index in [9.17, 15) is 9.59 Å². The number of carbonyl (C=O) groups excluding carboxylic acids is 1. The molecule has 2 aromatic rings. The van der Waals surface area contributed by atoms with Gasteiger partial charge in [0.1, 0.15) is 5.76 Å². The third-order valence-corrected chi connectivity index (χ3v) is 2.89. The largest absolute Gasteiger partial charge is 0.454 e. The van der Waals surface area contributed by atoms with Crippen molar-refractivity contribution in [2.24, 2.45) is 5.84 Å². The molecule has 0 saturated carbocycles. The van der Waals surface area contributed by atoms with Crippen LogP contribution >= 0.6 is 0 Å². The van der Waals surface area contributed by atoms with Crippen LogP contribution in [0, 0.1) is 6.92 Å². The fourth-order valence-corrected chi connectivity index (χ4v) is 1.90. The highest BCUT2D eigenvalue weighted by atomic mass is 16.4. The fourth-order valence-electron chi connectivity index (χ4n) is 1.90. The molecule has 0 saturated heterocycles. The molecule has 19 heavy (non-hydrogen) atoms. The number of nitrogen functional groups attached to an aromatic ring is 1. The Kier molecular flexibility index (Phi) is 3.57. The van der Waals surface area contributed by atoms with Crippen molar-refractivity contribution in [3.8, 4) is 0 Å². The lowest BCUT2D eigenvalue weighted by molar-refractivity contribution is 0.0923. The van der Waals surface area contributed by atoms with E-state index < -0.39 is 5.91 Å². The van der Waals surface area contributed by atoms with E-state index in [1.807, 2.05) is 12.3 Å². The third-order valence-electron chi connectivity index (χ3n) is 2.89. The van der Waals surface area contributed by atoms with Gasteiger partial charge in [0.05, 0.1) is 6.54 Å². The number of imidazole rings is 1. The van der Waals surface area contributed by atoms with Crippen molar-refractivity contribution in [1.29, 1.82) is 0 Å². The summed E-state index contributed by atoms with van der Waals surface area (Å²) in [5.74, 6) is 5.28. The van der Waals surface area contributed by atoms with Crippen LogP contribution in [0.1, 0.15) is 28.8 Å². The van der Waals surface area contributed by atoms with Crippen LogP contribution in [-0.2, 0) is 13.1 Å². The second-order valence-corrected chi connectivity index (χ2v) is 4.19. The van der Waals surface area contributed by atoms with Gasteiger partial charge in [-0.15, -0.1) is 0 Å². The quantitative estimate of drug-likeness (QED) is 0.469. The van der Waals surface area contributed by atoms with Crippen molar-refractivity contribution in [1.82, 2.24) is 14.6 Å². The minimum atomic E-state index is -0.484. The summed E-state index contributed by atoms with van der Waals surface area (Å²) < 4.78 is 8.51. The average Bonchev–Trinajstić information content (AvgIpc) is 2.93. The topological polar surface area (TPSA) is 95.2 Å². The number of nitrogens with two attached hydrogens (primary N) is 1. The van der Waals surface area contributed by atoms with Gasteiger partial charge >= 0.3 is 11.6 Å². The zero-order chi connectivity index (χ0) is 14.0. The number of rotatable bonds is 4. The number of aryl methyl sites for hydroxylation is 2. The smallest absolute Gasteiger partial charge is 0.328 e. The predicted molar refractivity (Wildman–Crippen MR) is 68.6 cm³/mol. The standard InChI is InChI=1S/C12H16N4O3/c1-3-15-4-5-16(12(15)18)7-9-6-8(2)10(19-9)11(17)14-13/h4-6H,3,7,13H2,1-2H3,(H,14,17). The van der Waals surface area contributed by atoms with Crippen LogP contribution in [0.2, 0.25) is 0 Å². The lowest BCUT2D eigenvalue weighted by atomic mass is 10.2. The molecule has 2 aromatic heterocycles. The molecule has 0 aliphatic carbocycles. The zero-order valence-corrected chi connectivity index (χ0v) is 10.8. The van der Waals surface area contributed by atoms with Crippen LogP contribution < -0.4 is 17.0 Å². The molecule has 1 amide bonds. The van der Waals surface area contributed by atoms with E-state index in [1.54, 1.807) is 30.0 Å². The van der Waals surface area contributed by atoms with Gasteiger partial charge in [-0.05, 0) is 19.9 Å². The number of carbonyl (C=O) groups is 1. The zero-order valence-electron chi connectivity index (χ0n) is 10.8. The van der Waals surface area contributed by atoms with Crippen LogP contribution in [0.15, 0.2) is 27.7 Å². The highest BCUT2D eigenvalue weighted by Gasteiger charge is 2.15. The Balaban J connectivity index is 2.26. The van der Waals surface area contributed by atoms with E-state index in [0.717, 1.165) is 0 Å². The monoisotopic (exact) mass is 264 g/mol. The first kappa shape index (κ1) is 13.2. The molecule has 2 rings (SSSR count). The van der Waals surface area contributed by atoms with E-state index in [-0.39, 0.29) is 18.0 Å². The molecule has 0 fully saturated rings. The Morgan fingerprint density at radius 1 is 1.42 bits per heavy atom.